The van der Waals surface area contributed by atoms with Crippen LogP contribution in [0.4, 0.5) is 0 Å². The van der Waals surface area contributed by atoms with E-state index in [0.717, 1.165) is 24.5 Å². The van der Waals surface area contributed by atoms with Gasteiger partial charge in [-0.15, -0.1) is 0 Å². The summed E-state index contributed by atoms with van der Waals surface area (Å²) in [6, 6.07) is 4.79. The minimum atomic E-state index is 0.0363. The zero-order chi connectivity index (χ0) is 15.5. The Hall–Kier alpha value is -1.22. The minimum Gasteiger partial charge on any atom is -0.497 e. The molecule has 0 spiro atoms. The van der Waals surface area contributed by atoms with Gasteiger partial charge in [-0.3, -0.25) is 0 Å². The van der Waals surface area contributed by atoms with Crippen LogP contribution < -0.4 is 14.8 Å². The number of methoxy groups -OCH3 is 2. The lowest BCUT2D eigenvalue weighted by atomic mass is 9.83. The Labute approximate surface area is 129 Å². The molecule has 0 aliphatic carbocycles. The molecule has 1 atom stereocenters. The minimum absolute atomic E-state index is 0.0363. The molecule has 0 bridgehead atoms. The van der Waals surface area contributed by atoms with Gasteiger partial charge < -0.3 is 14.8 Å². The molecule has 118 valence electrons. The summed E-state index contributed by atoms with van der Waals surface area (Å²) in [5.41, 5.74) is 2.51. The van der Waals surface area contributed by atoms with Crippen LogP contribution >= 0.6 is 0 Å². The molecular formula is C18H29NO2. The Morgan fingerprint density at radius 3 is 2.43 bits per heavy atom. The largest absolute Gasteiger partial charge is 0.497 e. The van der Waals surface area contributed by atoms with Crippen LogP contribution in [-0.4, -0.2) is 26.8 Å². The third kappa shape index (κ3) is 3.91. The predicted molar refractivity (Wildman–Crippen MR) is 87.6 cm³/mol. The van der Waals surface area contributed by atoms with Crippen LogP contribution in [0, 0.1) is 0 Å². The standard InChI is InChI=1S/C18H29NO2/c1-18(2,3)16-12-15(20-4)11-13(17(16)21-5)10-14-8-6-7-9-19-14/h11-12,14,19H,6-10H2,1-5H3. The number of hydrogen-bond acceptors (Lipinski definition) is 3. The Balaban J connectivity index is 2.37. The van der Waals surface area contributed by atoms with Crippen molar-refractivity contribution in [2.75, 3.05) is 20.8 Å². The van der Waals surface area contributed by atoms with Gasteiger partial charge in [0.25, 0.3) is 0 Å². The first-order valence-electron chi connectivity index (χ1n) is 7.94. The molecule has 1 fully saturated rings. The van der Waals surface area contributed by atoms with Gasteiger partial charge >= 0.3 is 0 Å². The summed E-state index contributed by atoms with van der Waals surface area (Å²) in [5.74, 6) is 1.95. The van der Waals surface area contributed by atoms with Gasteiger partial charge in [-0.2, -0.15) is 0 Å². The van der Waals surface area contributed by atoms with Crippen LogP contribution in [0.1, 0.15) is 51.2 Å². The van der Waals surface area contributed by atoms with E-state index in [9.17, 15) is 0 Å². The van der Waals surface area contributed by atoms with E-state index in [1.807, 2.05) is 0 Å². The third-order valence-corrected chi connectivity index (χ3v) is 4.27. The number of nitrogens with one attached hydrogen (secondary N) is 1. The number of ether oxygens (including phenoxy) is 2. The highest BCUT2D eigenvalue weighted by molar-refractivity contribution is 5.50. The SMILES string of the molecule is COc1cc(CC2CCCCN2)c(OC)c(C(C)(C)C)c1. The first-order chi connectivity index (χ1) is 9.95. The topological polar surface area (TPSA) is 30.5 Å². The fraction of sp³-hybridized carbons (Fsp3) is 0.667. The summed E-state index contributed by atoms with van der Waals surface area (Å²) >= 11 is 0. The fourth-order valence-corrected chi connectivity index (χ4v) is 3.09. The summed E-state index contributed by atoms with van der Waals surface area (Å²) in [7, 11) is 3.51. The molecule has 0 radical (unpaired) electrons. The summed E-state index contributed by atoms with van der Waals surface area (Å²) in [6.45, 7) is 7.77. The summed E-state index contributed by atoms with van der Waals surface area (Å²) < 4.78 is 11.3. The van der Waals surface area contributed by atoms with Crippen molar-refractivity contribution in [2.45, 2.75) is 57.9 Å². The number of benzene rings is 1. The van der Waals surface area contributed by atoms with E-state index in [4.69, 9.17) is 9.47 Å². The number of hydrogen-bond donors (Lipinski definition) is 1. The van der Waals surface area contributed by atoms with E-state index in [1.54, 1.807) is 14.2 Å². The number of rotatable bonds is 4. The van der Waals surface area contributed by atoms with Gasteiger partial charge in [-0.25, -0.2) is 0 Å². The molecule has 0 amide bonds. The van der Waals surface area contributed by atoms with Crippen LogP contribution in [0.3, 0.4) is 0 Å². The van der Waals surface area contributed by atoms with Gasteiger partial charge in [0.1, 0.15) is 11.5 Å². The average molecular weight is 291 g/mol. The van der Waals surface area contributed by atoms with E-state index in [1.165, 1.54) is 30.4 Å². The van der Waals surface area contributed by atoms with Crippen LogP contribution in [0.15, 0.2) is 12.1 Å². The summed E-state index contributed by atoms with van der Waals surface area (Å²) in [4.78, 5) is 0. The molecule has 1 aliphatic rings. The molecule has 1 aromatic carbocycles. The maximum Gasteiger partial charge on any atom is 0.126 e. The first kappa shape index (κ1) is 16.2. The Kier molecular flexibility index (Phi) is 5.15. The molecule has 1 unspecified atom stereocenters. The number of piperidine rings is 1. The highest BCUT2D eigenvalue weighted by Gasteiger charge is 2.24. The van der Waals surface area contributed by atoms with Crippen molar-refractivity contribution in [1.29, 1.82) is 0 Å². The second-order valence-electron chi connectivity index (χ2n) is 6.97. The van der Waals surface area contributed by atoms with Gasteiger partial charge in [-0.05, 0) is 48.9 Å². The van der Waals surface area contributed by atoms with E-state index >= 15 is 0 Å². The Bertz CT molecular complexity index is 471. The predicted octanol–water partition coefficient (Wildman–Crippen LogP) is 3.69. The normalized spacial score (nSPS) is 19.4. The van der Waals surface area contributed by atoms with Crippen molar-refractivity contribution < 1.29 is 9.47 Å². The molecular weight excluding hydrogens is 262 g/mol. The van der Waals surface area contributed by atoms with Gasteiger partial charge in [0.15, 0.2) is 0 Å². The molecule has 3 nitrogen and oxygen atoms in total. The van der Waals surface area contributed by atoms with Gasteiger partial charge in [-0.1, -0.05) is 27.2 Å². The van der Waals surface area contributed by atoms with Crippen molar-refractivity contribution in [2.24, 2.45) is 0 Å². The second kappa shape index (κ2) is 6.69. The molecule has 0 aromatic heterocycles. The maximum atomic E-state index is 5.76. The van der Waals surface area contributed by atoms with Crippen molar-refractivity contribution in [3.63, 3.8) is 0 Å². The highest BCUT2D eigenvalue weighted by Crippen LogP contribution is 2.38. The first-order valence-corrected chi connectivity index (χ1v) is 7.94. The zero-order valence-electron chi connectivity index (χ0n) is 14.1. The lowest BCUT2D eigenvalue weighted by Gasteiger charge is -2.28. The summed E-state index contributed by atoms with van der Waals surface area (Å²) in [5, 5.41) is 3.62. The van der Waals surface area contributed by atoms with E-state index in [2.05, 4.69) is 38.2 Å². The second-order valence-corrected chi connectivity index (χ2v) is 6.97. The molecule has 1 aromatic rings. The van der Waals surface area contributed by atoms with Crippen molar-refractivity contribution >= 4 is 0 Å². The van der Waals surface area contributed by atoms with Crippen LogP contribution in [0.25, 0.3) is 0 Å². The van der Waals surface area contributed by atoms with Crippen molar-refractivity contribution in [3.05, 3.63) is 23.3 Å². The monoisotopic (exact) mass is 291 g/mol. The molecule has 1 saturated heterocycles. The van der Waals surface area contributed by atoms with Crippen molar-refractivity contribution in [3.8, 4) is 11.5 Å². The molecule has 0 saturated carbocycles. The van der Waals surface area contributed by atoms with Crippen molar-refractivity contribution in [1.82, 2.24) is 5.32 Å². The van der Waals surface area contributed by atoms with E-state index in [-0.39, 0.29) is 5.41 Å². The van der Waals surface area contributed by atoms with Gasteiger partial charge in [0.2, 0.25) is 0 Å². The van der Waals surface area contributed by atoms with Crippen LogP contribution in [0.2, 0.25) is 0 Å². The Morgan fingerprint density at radius 2 is 1.90 bits per heavy atom. The Morgan fingerprint density at radius 1 is 1.14 bits per heavy atom. The average Bonchev–Trinajstić information content (AvgIpc) is 2.46. The van der Waals surface area contributed by atoms with Gasteiger partial charge in [0, 0.05) is 11.6 Å². The quantitative estimate of drug-likeness (QED) is 0.918. The molecule has 1 heterocycles. The summed E-state index contributed by atoms with van der Waals surface area (Å²) in [6.07, 6.45) is 4.85. The molecule has 1 aliphatic heterocycles. The lowest BCUT2D eigenvalue weighted by Crippen LogP contribution is -2.35. The molecule has 1 N–H and O–H groups in total. The van der Waals surface area contributed by atoms with Crippen LogP contribution in [-0.2, 0) is 11.8 Å². The van der Waals surface area contributed by atoms with E-state index < -0.39 is 0 Å². The zero-order valence-corrected chi connectivity index (χ0v) is 14.1. The highest BCUT2D eigenvalue weighted by atomic mass is 16.5. The molecule has 21 heavy (non-hydrogen) atoms. The lowest BCUT2D eigenvalue weighted by molar-refractivity contribution is 0.367. The van der Waals surface area contributed by atoms with E-state index in [0.29, 0.717) is 6.04 Å². The fourth-order valence-electron chi connectivity index (χ4n) is 3.09. The molecule has 2 rings (SSSR count). The van der Waals surface area contributed by atoms with Crippen LogP contribution in [0.5, 0.6) is 11.5 Å². The smallest absolute Gasteiger partial charge is 0.126 e. The third-order valence-electron chi connectivity index (χ3n) is 4.27. The maximum absolute atomic E-state index is 5.76. The molecule has 3 heteroatoms. The van der Waals surface area contributed by atoms with Gasteiger partial charge in [0.05, 0.1) is 14.2 Å².